The van der Waals surface area contributed by atoms with Crippen LogP contribution in [0.4, 0.5) is 0 Å². The molecule has 0 aromatic heterocycles. The van der Waals surface area contributed by atoms with E-state index in [9.17, 15) is 14.7 Å². The van der Waals surface area contributed by atoms with Crippen LogP contribution in [0.5, 0.6) is 5.75 Å². The molecule has 2 aromatic rings. The van der Waals surface area contributed by atoms with Crippen molar-refractivity contribution in [1.82, 2.24) is 4.90 Å². The Morgan fingerprint density at radius 2 is 1.76 bits per heavy atom. The molecule has 2 aromatic carbocycles. The van der Waals surface area contributed by atoms with E-state index < -0.39 is 12.1 Å². The molecule has 154 valence electrons. The van der Waals surface area contributed by atoms with Gasteiger partial charge >= 0.3 is 11.9 Å². The van der Waals surface area contributed by atoms with Gasteiger partial charge in [0.1, 0.15) is 11.8 Å². The van der Waals surface area contributed by atoms with E-state index in [0.29, 0.717) is 42.8 Å². The van der Waals surface area contributed by atoms with Crippen molar-refractivity contribution < 1.29 is 23.9 Å². The number of carbonyl (C=O) groups excluding carboxylic acids is 1. The Bertz CT molecular complexity index is 827. The summed E-state index contributed by atoms with van der Waals surface area (Å²) >= 11 is 0. The highest BCUT2D eigenvalue weighted by Crippen LogP contribution is 2.21. The quantitative estimate of drug-likeness (QED) is 0.727. The summed E-state index contributed by atoms with van der Waals surface area (Å²) in [6, 6.07) is 18.9. The maximum atomic E-state index is 13.0. The van der Waals surface area contributed by atoms with Crippen LogP contribution < -0.4 is 4.74 Å². The number of aliphatic carboxylic acids is 1. The van der Waals surface area contributed by atoms with Crippen molar-refractivity contribution in [2.75, 3.05) is 33.2 Å². The number of hydrogen-bond acceptors (Lipinski definition) is 4. The second kappa shape index (κ2) is 9.20. The van der Waals surface area contributed by atoms with Gasteiger partial charge in [0.05, 0.1) is 26.6 Å². The molecule has 1 saturated heterocycles. The first kappa shape index (κ1) is 21.0. The molecule has 2 unspecified atom stereocenters. The number of nitrogens with zero attached hydrogens (tertiary/aromatic N) is 2. The number of quaternary nitrogens is 1. The van der Waals surface area contributed by atoms with Crippen LogP contribution in [0, 0.1) is 0 Å². The van der Waals surface area contributed by atoms with Crippen molar-refractivity contribution in [3.8, 4) is 5.75 Å². The number of carbonyl (C=O) groups is 2. The number of likely N-dealkylation sites (N-methyl/N-ethyl adjacent to an activating group) is 1. The molecule has 0 spiro atoms. The molecule has 1 amide bonds. The van der Waals surface area contributed by atoms with Gasteiger partial charge in [0.2, 0.25) is 6.10 Å². The van der Waals surface area contributed by atoms with E-state index in [2.05, 4.69) is 11.8 Å². The lowest BCUT2D eigenvalue weighted by Crippen LogP contribution is -2.66. The number of piperazine rings is 1. The van der Waals surface area contributed by atoms with Crippen molar-refractivity contribution in [3.05, 3.63) is 66.2 Å². The minimum Gasteiger partial charge on any atom is -0.478 e. The fraction of sp³-hybridized carbons (Fsp3) is 0.391. The second-order valence-corrected chi connectivity index (χ2v) is 7.91. The number of benzene rings is 2. The summed E-state index contributed by atoms with van der Waals surface area (Å²) in [5.74, 6) is -0.244. The third kappa shape index (κ3) is 5.22. The maximum Gasteiger partial charge on any atom is 0.346 e. The first-order valence-electron chi connectivity index (χ1n) is 9.98. The summed E-state index contributed by atoms with van der Waals surface area (Å²) in [6.07, 6.45) is -0.530. The predicted molar refractivity (Wildman–Crippen MR) is 111 cm³/mol. The van der Waals surface area contributed by atoms with Gasteiger partial charge in [-0.1, -0.05) is 48.5 Å². The lowest BCUT2D eigenvalue weighted by atomic mass is 10.1. The van der Waals surface area contributed by atoms with Crippen molar-refractivity contribution in [2.45, 2.75) is 25.5 Å². The van der Waals surface area contributed by atoms with Crippen LogP contribution in [0.25, 0.3) is 0 Å². The fourth-order valence-electron chi connectivity index (χ4n) is 3.77. The SMILES string of the molecule is C[C@H]1CN(CC(Oc2ccccc2)C(=O)O)CC[N+]1(C)C(=O)Cc1ccccc1. The number of carboxylic acid groups (broad SMARTS) is 1. The van der Waals surface area contributed by atoms with Crippen LogP contribution in [0.2, 0.25) is 0 Å². The minimum absolute atomic E-state index is 0.0751. The Hall–Kier alpha value is -2.70. The molecule has 6 heteroatoms. The number of carboxylic acids is 1. The molecular formula is C23H29N2O4+. The first-order chi connectivity index (χ1) is 13.9. The van der Waals surface area contributed by atoms with Crippen LogP contribution in [-0.4, -0.2) is 71.7 Å². The Morgan fingerprint density at radius 1 is 1.14 bits per heavy atom. The van der Waals surface area contributed by atoms with Gasteiger partial charge in [0.15, 0.2) is 0 Å². The van der Waals surface area contributed by atoms with Crippen LogP contribution in [0.1, 0.15) is 12.5 Å². The Labute approximate surface area is 171 Å². The van der Waals surface area contributed by atoms with Gasteiger partial charge < -0.3 is 9.84 Å². The lowest BCUT2D eigenvalue weighted by molar-refractivity contribution is -0.863. The average Bonchev–Trinajstić information content (AvgIpc) is 2.71. The van der Waals surface area contributed by atoms with Crippen molar-refractivity contribution in [1.29, 1.82) is 0 Å². The number of rotatable bonds is 7. The van der Waals surface area contributed by atoms with Gasteiger partial charge in [0.25, 0.3) is 0 Å². The highest BCUT2D eigenvalue weighted by Gasteiger charge is 2.42. The number of amides is 1. The van der Waals surface area contributed by atoms with Gasteiger partial charge in [-0.3, -0.25) is 9.38 Å². The average molecular weight is 397 g/mol. The number of para-hydroxylation sites is 1. The molecule has 1 heterocycles. The van der Waals surface area contributed by atoms with Gasteiger partial charge in [-0.2, -0.15) is 0 Å². The standard InChI is InChI=1S/C23H28N2O4/c1-18-16-24(17-21(23(27)28)29-20-11-7-4-8-12-20)13-14-25(18,2)22(26)15-19-9-5-3-6-10-19/h3-12,18,21H,13-17H2,1-2H3/p+1/t18-,21?,25?/m0/s1. The van der Waals surface area contributed by atoms with Crippen LogP contribution in [0.15, 0.2) is 60.7 Å². The van der Waals surface area contributed by atoms with Crippen LogP contribution in [0.3, 0.4) is 0 Å². The van der Waals surface area contributed by atoms with Gasteiger partial charge in [0, 0.05) is 13.1 Å². The molecule has 0 aliphatic carbocycles. The molecule has 1 N–H and O–H groups in total. The highest BCUT2D eigenvalue weighted by atomic mass is 16.5. The molecule has 0 radical (unpaired) electrons. The van der Waals surface area contributed by atoms with E-state index in [4.69, 9.17) is 4.74 Å². The monoisotopic (exact) mass is 397 g/mol. The number of hydrogen-bond donors (Lipinski definition) is 1. The van der Waals surface area contributed by atoms with Crippen molar-refractivity contribution in [3.63, 3.8) is 0 Å². The summed E-state index contributed by atoms with van der Waals surface area (Å²) in [5.41, 5.74) is 1.02. The summed E-state index contributed by atoms with van der Waals surface area (Å²) < 4.78 is 6.04. The minimum atomic E-state index is -0.982. The first-order valence-corrected chi connectivity index (χ1v) is 9.98. The zero-order valence-corrected chi connectivity index (χ0v) is 17.0. The van der Waals surface area contributed by atoms with Crippen molar-refractivity contribution in [2.24, 2.45) is 0 Å². The van der Waals surface area contributed by atoms with Crippen LogP contribution >= 0.6 is 0 Å². The smallest absolute Gasteiger partial charge is 0.346 e. The van der Waals surface area contributed by atoms with E-state index >= 15 is 0 Å². The van der Waals surface area contributed by atoms with E-state index in [-0.39, 0.29) is 11.9 Å². The summed E-state index contributed by atoms with van der Waals surface area (Å²) in [4.78, 5) is 26.8. The Kier molecular flexibility index (Phi) is 6.67. The molecule has 1 aliphatic heterocycles. The maximum absolute atomic E-state index is 13.0. The van der Waals surface area contributed by atoms with Crippen molar-refractivity contribution >= 4 is 11.9 Å². The topological polar surface area (TPSA) is 66.8 Å². The highest BCUT2D eigenvalue weighted by molar-refractivity contribution is 5.73. The largest absolute Gasteiger partial charge is 0.478 e. The van der Waals surface area contributed by atoms with E-state index in [0.717, 1.165) is 5.56 Å². The third-order valence-electron chi connectivity index (χ3n) is 5.86. The molecule has 0 saturated carbocycles. The van der Waals surface area contributed by atoms with E-state index in [1.54, 1.807) is 12.1 Å². The Balaban J connectivity index is 1.60. The molecule has 1 fully saturated rings. The van der Waals surface area contributed by atoms with Gasteiger partial charge in [-0.05, 0) is 24.6 Å². The molecule has 3 atom stereocenters. The predicted octanol–water partition coefficient (Wildman–Crippen LogP) is 2.44. The molecule has 1 aliphatic rings. The Morgan fingerprint density at radius 3 is 2.34 bits per heavy atom. The van der Waals surface area contributed by atoms with E-state index in [1.807, 2.05) is 55.6 Å². The molecule has 0 bridgehead atoms. The summed E-state index contributed by atoms with van der Waals surface area (Å²) in [6.45, 7) is 4.32. The van der Waals surface area contributed by atoms with Gasteiger partial charge in [-0.15, -0.1) is 0 Å². The van der Waals surface area contributed by atoms with Gasteiger partial charge in [-0.25, -0.2) is 9.59 Å². The third-order valence-corrected chi connectivity index (χ3v) is 5.86. The zero-order valence-electron chi connectivity index (χ0n) is 17.0. The van der Waals surface area contributed by atoms with E-state index in [1.165, 1.54) is 0 Å². The fourth-order valence-corrected chi connectivity index (χ4v) is 3.77. The normalized spacial score (nSPS) is 23.3. The molecule has 6 nitrogen and oxygen atoms in total. The number of ether oxygens (including phenoxy) is 1. The van der Waals surface area contributed by atoms with Crippen LogP contribution in [-0.2, 0) is 16.0 Å². The molecule has 3 rings (SSSR count). The second-order valence-electron chi connectivity index (χ2n) is 7.91. The summed E-state index contributed by atoms with van der Waals surface area (Å²) in [5, 5.41) is 9.58. The zero-order chi connectivity index (χ0) is 20.9. The lowest BCUT2D eigenvalue weighted by Gasteiger charge is -2.45. The summed E-state index contributed by atoms with van der Waals surface area (Å²) in [7, 11) is 1.99. The molecular weight excluding hydrogens is 368 g/mol. The molecule has 29 heavy (non-hydrogen) atoms.